The largest absolute Gasteiger partial charge is 0.357 e. The van der Waals surface area contributed by atoms with Crippen molar-refractivity contribution in [1.82, 2.24) is 13.6 Å². The van der Waals surface area contributed by atoms with Crippen LogP contribution in [0.3, 0.4) is 0 Å². The van der Waals surface area contributed by atoms with Crippen molar-refractivity contribution in [2.75, 3.05) is 6.26 Å². The Balaban J connectivity index is 2.03. The van der Waals surface area contributed by atoms with Gasteiger partial charge in [0.05, 0.1) is 5.69 Å². The molecule has 0 saturated carbocycles. The van der Waals surface area contributed by atoms with E-state index >= 15 is 0 Å². The number of hydrogen-bond donors (Lipinski definition) is 0. The quantitative estimate of drug-likeness (QED) is 0.540. The van der Waals surface area contributed by atoms with Crippen molar-refractivity contribution in [3.8, 4) is 16.9 Å². The Morgan fingerprint density at radius 1 is 0.833 bits per heavy atom. The molecule has 24 heavy (non-hydrogen) atoms. The molecule has 0 N–H and O–H groups in total. The van der Waals surface area contributed by atoms with Crippen LogP contribution in [0, 0.1) is 6.92 Å². The summed E-state index contributed by atoms with van der Waals surface area (Å²) >= 11 is 1.46. The first-order chi connectivity index (χ1) is 11.6. The average molecular weight is 337 g/mol. The lowest BCUT2D eigenvalue weighted by atomic mass is 10.1. The van der Waals surface area contributed by atoms with Crippen LogP contribution < -0.4 is 11.4 Å². The zero-order valence-electron chi connectivity index (χ0n) is 13.3. The first-order valence-corrected chi connectivity index (χ1v) is 8.74. The van der Waals surface area contributed by atoms with Crippen molar-refractivity contribution in [3.05, 3.63) is 81.1 Å². The maximum Gasteiger partial charge on any atom is 0.357 e. The van der Waals surface area contributed by atoms with E-state index in [1.807, 2.05) is 55.6 Å². The van der Waals surface area contributed by atoms with Crippen LogP contribution in [0.1, 0.15) is 5.56 Å². The summed E-state index contributed by atoms with van der Waals surface area (Å²) in [5.41, 5.74) is 2.74. The van der Waals surface area contributed by atoms with Crippen molar-refractivity contribution in [1.29, 1.82) is 0 Å². The molecule has 2 aromatic heterocycles. The summed E-state index contributed by atoms with van der Waals surface area (Å²) < 4.78 is 4.10. The molecule has 0 unspecified atom stereocenters. The van der Waals surface area contributed by atoms with Gasteiger partial charge in [-0.3, -0.25) is 0 Å². The Kier molecular flexibility index (Phi) is 3.35. The summed E-state index contributed by atoms with van der Waals surface area (Å²) in [6, 6.07) is 16.9. The molecule has 0 amide bonds. The number of nitrogens with zero attached hydrogens (tertiary/aromatic N) is 3. The van der Waals surface area contributed by atoms with Gasteiger partial charge >= 0.3 is 11.4 Å². The number of aryl methyl sites for hydroxylation is 1. The molecule has 0 radical (unpaired) electrons. The predicted molar refractivity (Wildman–Crippen MR) is 95.9 cm³/mol. The van der Waals surface area contributed by atoms with Crippen molar-refractivity contribution < 1.29 is 0 Å². The minimum absolute atomic E-state index is 0.341. The van der Waals surface area contributed by atoms with Gasteiger partial charge in [-0.05, 0) is 25.3 Å². The van der Waals surface area contributed by atoms with Gasteiger partial charge in [-0.15, -0.1) is 11.8 Å². The van der Waals surface area contributed by atoms with Gasteiger partial charge < -0.3 is 0 Å². The lowest BCUT2D eigenvalue weighted by molar-refractivity contribution is 0.644. The van der Waals surface area contributed by atoms with Gasteiger partial charge in [0.2, 0.25) is 0 Å². The van der Waals surface area contributed by atoms with E-state index in [9.17, 15) is 9.59 Å². The van der Waals surface area contributed by atoms with Crippen LogP contribution in [0.15, 0.2) is 69.2 Å². The molecule has 4 aromatic rings. The molecule has 0 saturated heterocycles. The van der Waals surface area contributed by atoms with Crippen LogP contribution >= 0.6 is 11.8 Å². The molecule has 6 heteroatoms. The summed E-state index contributed by atoms with van der Waals surface area (Å²) in [6.07, 6.45) is 1.91. The maximum atomic E-state index is 12.8. The van der Waals surface area contributed by atoms with Crippen LogP contribution in [-0.2, 0) is 0 Å². The third-order valence-electron chi connectivity index (χ3n) is 4.08. The number of fused-ring (bicyclic) bond motifs is 1. The average Bonchev–Trinajstić information content (AvgIpc) is 2.78. The van der Waals surface area contributed by atoms with Gasteiger partial charge in [0, 0.05) is 5.56 Å². The smallest absolute Gasteiger partial charge is 0.245 e. The van der Waals surface area contributed by atoms with E-state index in [4.69, 9.17) is 0 Å². The van der Waals surface area contributed by atoms with E-state index in [-0.39, 0.29) is 11.4 Å². The molecule has 120 valence electrons. The fourth-order valence-corrected chi connectivity index (χ4v) is 3.63. The standard InChI is InChI=1S/C18H15N3O2S/c1-12-8-10-13(11-9-12)15-16(24-2)21-18(23)19(17(22)20(15)21)14-6-4-3-5-7-14/h3-11H,1-2H3. The SMILES string of the molecule is CSc1c(-c2ccc(C)cc2)n2c(=O)n(-c3ccccc3)c(=O)n12. The Hall–Kier alpha value is -2.73. The van der Waals surface area contributed by atoms with Gasteiger partial charge in [0.1, 0.15) is 10.7 Å². The number of rotatable bonds is 3. The number of aromatic nitrogens is 3. The second kappa shape index (κ2) is 5.42. The van der Waals surface area contributed by atoms with E-state index in [2.05, 4.69) is 0 Å². The molecule has 4 rings (SSSR count). The number of para-hydroxylation sites is 1. The summed E-state index contributed by atoms with van der Waals surface area (Å²) in [6.45, 7) is 2.02. The highest BCUT2D eigenvalue weighted by Crippen LogP contribution is 2.31. The molecule has 0 aliphatic heterocycles. The molecule has 0 atom stereocenters. The fraction of sp³-hybridized carbons (Fsp3) is 0.111. The molecule has 0 aliphatic rings. The van der Waals surface area contributed by atoms with Crippen molar-refractivity contribution >= 4 is 11.8 Å². The normalized spacial score (nSPS) is 11.4. The molecule has 5 nitrogen and oxygen atoms in total. The minimum Gasteiger partial charge on any atom is -0.245 e. The highest BCUT2D eigenvalue weighted by molar-refractivity contribution is 7.98. The summed E-state index contributed by atoms with van der Waals surface area (Å²) in [5, 5.41) is 0.788. The Morgan fingerprint density at radius 3 is 2.08 bits per heavy atom. The van der Waals surface area contributed by atoms with Gasteiger partial charge in [-0.2, -0.15) is 9.03 Å². The number of thioether (sulfide) groups is 1. The van der Waals surface area contributed by atoms with Gasteiger partial charge in [-0.1, -0.05) is 48.0 Å². The molecule has 0 fully saturated rings. The Labute approximate surface area is 142 Å². The third-order valence-corrected chi connectivity index (χ3v) is 4.84. The van der Waals surface area contributed by atoms with Crippen molar-refractivity contribution in [2.45, 2.75) is 11.9 Å². The third kappa shape index (κ3) is 1.96. The highest BCUT2D eigenvalue weighted by atomic mass is 32.2. The van der Waals surface area contributed by atoms with E-state index in [1.165, 1.54) is 25.4 Å². The Bertz CT molecular complexity index is 1120. The highest BCUT2D eigenvalue weighted by Gasteiger charge is 2.26. The van der Waals surface area contributed by atoms with Crippen LogP contribution in [0.4, 0.5) is 0 Å². The topological polar surface area (TPSA) is 47.9 Å². The van der Waals surface area contributed by atoms with Crippen molar-refractivity contribution in [2.24, 2.45) is 0 Å². The molecular formula is C18H15N3O2S. The molecular weight excluding hydrogens is 322 g/mol. The fourth-order valence-electron chi connectivity index (χ4n) is 2.90. The second-order valence-electron chi connectivity index (χ2n) is 5.58. The van der Waals surface area contributed by atoms with E-state index in [1.54, 1.807) is 12.1 Å². The molecule has 2 aromatic carbocycles. The summed E-state index contributed by atoms with van der Waals surface area (Å²) in [4.78, 5) is 25.6. The monoisotopic (exact) mass is 337 g/mol. The van der Waals surface area contributed by atoms with Gasteiger partial charge in [0.25, 0.3) is 0 Å². The molecule has 0 bridgehead atoms. The van der Waals surface area contributed by atoms with E-state index in [0.29, 0.717) is 5.69 Å². The first kappa shape index (κ1) is 14.8. The molecule has 0 aliphatic carbocycles. The van der Waals surface area contributed by atoms with E-state index in [0.717, 1.165) is 21.8 Å². The lowest BCUT2D eigenvalue weighted by Crippen LogP contribution is -2.25. The van der Waals surface area contributed by atoms with Gasteiger partial charge in [-0.25, -0.2) is 14.2 Å². The molecule has 0 spiro atoms. The van der Waals surface area contributed by atoms with Gasteiger partial charge in [0.15, 0.2) is 0 Å². The Morgan fingerprint density at radius 2 is 1.46 bits per heavy atom. The van der Waals surface area contributed by atoms with Crippen molar-refractivity contribution in [3.63, 3.8) is 0 Å². The van der Waals surface area contributed by atoms with Crippen LogP contribution in [0.25, 0.3) is 16.9 Å². The zero-order valence-corrected chi connectivity index (χ0v) is 14.1. The first-order valence-electron chi connectivity index (χ1n) is 7.52. The summed E-state index contributed by atoms with van der Waals surface area (Å²) in [7, 11) is 0. The number of benzene rings is 2. The van der Waals surface area contributed by atoms with Crippen LogP contribution in [0.5, 0.6) is 0 Å². The van der Waals surface area contributed by atoms with Crippen LogP contribution in [-0.4, -0.2) is 19.9 Å². The zero-order chi connectivity index (χ0) is 16.8. The van der Waals surface area contributed by atoms with Crippen LogP contribution in [0.2, 0.25) is 0 Å². The predicted octanol–water partition coefficient (Wildman–Crippen LogP) is 2.69. The maximum absolute atomic E-state index is 12.8. The minimum atomic E-state index is -0.348. The molecule has 2 heterocycles. The summed E-state index contributed by atoms with van der Waals surface area (Å²) in [5.74, 6) is 0. The lowest BCUT2D eigenvalue weighted by Gasteiger charge is -2.16. The van der Waals surface area contributed by atoms with E-state index < -0.39 is 0 Å². The number of hydrogen-bond acceptors (Lipinski definition) is 3. The second-order valence-corrected chi connectivity index (χ2v) is 6.38.